The predicted molar refractivity (Wildman–Crippen MR) is 129 cm³/mol. The van der Waals surface area contributed by atoms with Crippen molar-refractivity contribution in [2.75, 3.05) is 0 Å². The first-order valence-corrected chi connectivity index (χ1v) is 11.0. The Morgan fingerprint density at radius 1 is 1.00 bits per heavy atom. The molecule has 0 unspecified atom stereocenters. The summed E-state index contributed by atoms with van der Waals surface area (Å²) in [5.74, 6) is 0.112. The van der Waals surface area contributed by atoms with Gasteiger partial charge in [-0.15, -0.1) is 5.10 Å². The first-order valence-electron chi connectivity index (χ1n) is 11.0. The fourth-order valence-electron chi connectivity index (χ4n) is 2.87. The number of rotatable bonds is 4. The molecule has 0 atom stereocenters. The smallest absolute Gasteiger partial charge is 0.135 e. The minimum atomic E-state index is -0.0674. The van der Waals surface area contributed by atoms with Gasteiger partial charge in [0.05, 0.1) is 17.7 Å². The minimum Gasteiger partial charge on any atom is -0.352 e. The van der Waals surface area contributed by atoms with Crippen LogP contribution in [0.4, 0.5) is 0 Å². The molecule has 0 N–H and O–H groups in total. The Balaban J connectivity index is 0.000000239. The Morgan fingerprint density at radius 3 is 1.94 bits per heavy atom. The summed E-state index contributed by atoms with van der Waals surface area (Å²) >= 11 is 0. The highest BCUT2D eigenvalue weighted by molar-refractivity contribution is 5.77. The molecule has 6 heteroatoms. The average molecular weight is 428 g/mol. The zero-order valence-electron chi connectivity index (χ0n) is 21.0. The van der Waals surface area contributed by atoms with Gasteiger partial charge in [0.15, 0.2) is 0 Å². The third-order valence-electron chi connectivity index (χ3n) is 4.66. The van der Waals surface area contributed by atoms with Crippen LogP contribution in [0.1, 0.15) is 84.4 Å². The van der Waals surface area contributed by atoms with E-state index >= 15 is 0 Å². The zero-order valence-corrected chi connectivity index (χ0v) is 21.0. The van der Waals surface area contributed by atoms with Gasteiger partial charge in [0.1, 0.15) is 5.78 Å². The molecule has 0 saturated heterocycles. The molecular formula is C25H41N5O. The Bertz CT molecular complexity index is 922. The number of aromatic nitrogens is 5. The van der Waals surface area contributed by atoms with Crippen molar-refractivity contribution in [2.45, 2.75) is 93.3 Å². The second-order valence-electron chi connectivity index (χ2n) is 9.58. The molecule has 0 aliphatic heterocycles. The van der Waals surface area contributed by atoms with Crippen LogP contribution in [0.3, 0.4) is 0 Å². The molecule has 0 fully saturated rings. The van der Waals surface area contributed by atoms with Crippen molar-refractivity contribution in [3.63, 3.8) is 0 Å². The highest BCUT2D eigenvalue weighted by Gasteiger charge is 2.15. The number of nitrogens with zero attached hydrogens (tertiary/aromatic N) is 5. The summed E-state index contributed by atoms with van der Waals surface area (Å²) in [6.07, 6.45) is 8.57. The van der Waals surface area contributed by atoms with Crippen molar-refractivity contribution in [2.24, 2.45) is 0 Å². The first kappa shape index (κ1) is 26.4. The summed E-state index contributed by atoms with van der Waals surface area (Å²) in [6, 6.07) is 7.52. The largest absolute Gasteiger partial charge is 0.352 e. The molecule has 3 aromatic heterocycles. The molecule has 0 spiro atoms. The SMILES string of the molecule is CC(=O)Cc1cn(C(C)(C)C)nn1.Cc1cccn1C(C)C.Cc1ccn(C(C)C)c1. The number of aryl methyl sites for hydroxylation is 2. The van der Waals surface area contributed by atoms with Crippen LogP contribution < -0.4 is 0 Å². The number of carbonyl (C=O) groups is 1. The maximum Gasteiger partial charge on any atom is 0.135 e. The summed E-state index contributed by atoms with van der Waals surface area (Å²) in [5, 5.41) is 7.87. The lowest BCUT2D eigenvalue weighted by Gasteiger charge is -2.17. The fraction of sp³-hybridized carbons (Fsp3) is 0.560. The molecule has 0 aromatic carbocycles. The number of ketones is 1. The van der Waals surface area contributed by atoms with Crippen LogP contribution in [-0.4, -0.2) is 29.9 Å². The molecule has 0 saturated carbocycles. The van der Waals surface area contributed by atoms with Crippen molar-refractivity contribution in [3.05, 3.63) is 59.9 Å². The van der Waals surface area contributed by atoms with Crippen molar-refractivity contribution in [1.82, 2.24) is 24.1 Å². The van der Waals surface area contributed by atoms with Gasteiger partial charge >= 0.3 is 0 Å². The standard InChI is InChI=1S/C9H15N3O.2C8H13N/c1-7(13)5-8-6-12(11-10-8)9(2,3)4;1-7(2)9-5-4-8(3)6-9;1-7(2)9-6-4-5-8(9)3/h6H,5H2,1-4H3;2*4-7H,1-3H3. The van der Waals surface area contributed by atoms with E-state index in [0.717, 1.165) is 5.69 Å². The van der Waals surface area contributed by atoms with Crippen LogP contribution >= 0.6 is 0 Å². The average Bonchev–Trinajstić information content (AvgIpc) is 3.36. The molecule has 172 valence electrons. The third-order valence-corrected chi connectivity index (χ3v) is 4.66. The normalized spacial score (nSPS) is 11.1. The van der Waals surface area contributed by atoms with Gasteiger partial charge in [0, 0.05) is 42.6 Å². The first-order chi connectivity index (χ1) is 14.3. The molecule has 0 bridgehead atoms. The highest BCUT2D eigenvalue weighted by atomic mass is 16.1. The molecule has 0 radical (unpaired) electrons. The molecule has 3 heterocycles. The van der Waals surface area contributed by atoms with Crippen LogP contribution in [0.5, 0.6) is 0 Å². The topological polar surface area (TPSA) is 57.6 Å². The van der Waals surface area contributed by atoms with E-state index in [9.17, 15) is 4.79 Å². The number of Topliss-reactive ketones (excluding diaryl/α,β-unsaturated/α-hetero) is 1. The quantitative estimate of drug-likeness (QED) is 0.519. The van der Waals surface area contributed by atoms with Crippen LogP contribution in [-0.2, 0) is 16.8 Å². The van der Waals surface area contributed by atoms with Gasteiger partial charge < -0.3 is 9.13 Å². The van der Waals surface area contributed by atoms with Crippen LogP contribution in [0, 0.1) is 13.8 Å². The highest BCUT2D eigenvalue weighted by Crippen LogP contribution is 2.12. The van der Waals surface area contributed by atoms with Gasteiger partial charge in [0.25, 0.3) is 0 Å². The molecule has 0 aliphatic rings. The lowest BCUT2D eigenvalue weighted by molar-refractivity contribution is -0.116. The van der Waals surface area contributed by atoms with Crippen molar-refractivity contribution < 1.29 is 4.79 Å². The Hall–Kier alpha value is -2.63. The van der Waals surface area contributed by atoms with Gasteiger partial charge in [-0.3, -0.25) is 4.79 Å². The number of hydrogen-bond donors (Lipinski definition) is 0. The van der Waals surface area contributed by atoms with Gasteiger partial charge in [-0.05, 0) is 93.0 Å². The summed E-state index contributed by atoms with van der Waals surface area (Å²) in [5.41, 5.74) is 3.35. The van der Waals surface area contributed by atoms with E-state index in [1.54, 1.807) is 11.6 Å². The van der Waals surface area contributed by atoms with E-state index in [1.807, 2.05) is 27.0 Å². The molecule has 31 heavy (non-hydrogen) atoms. The van der Waals surface area contributed by atoms with E-state index in [-0.39, 0.29) is 11.3 Å². The molecule has 3 rings (SSSR count). The van der Waals surface area contributed by atoms with Gasteiger partial charge in [-0.25, -0.2) is 4.68 Å². The third kappa shape index (κ3) is 9.37. The summed E-state index contributed by atoms with van der Waals surface area (Å²) in [4.78, 5) is 10.8. The molecular weight excluding hydrogens is 386 g/mol. The van der Waals surface area contributed by atoms with Crippen LogP contribution in [0.25, 0.3) is 0 Å². The summed E-state index contributed by atoms with van der Waals surface area (Å²) in [6.45, 7) is 20.6. The number of hydrogen-bond acceptors (Lipinski definition) is 3. The fourth-order valence-corrected chi connectivity index (χ4v) is 2.87. The molecule has 0 aliphatic carbocycles. The Kier molecular flexibility index (Phi) is 9.95. The Labute approximate surface area is 188 Å². The minimum absolute atomic E-state index is 0.0674. The van der Waals surface area contributed by atoms with Crippen molar-refractivity contribution in [3.8, 4) is 0 Å². The summed E-state index contributed by atoms with van der Waals surface area (Å²) < 4.78 is 6.22. The lowest BCUT2D eigenvalue weighted by Crippen LogP contribution is -2.22. The molecule has 0 amide bonds. The maximum absolute atomic E-state index is 10.8. The van der Waals surface area contributed by atoms with Gasteiger partial charge in [-0.1, -0.05) is 5.21 Å². The van der Waals surface area contributed by atoms with Gasteiger partial charge in [0.2, 0.25) is 0 Å². The van der Waals surface area contributed by atoms with E-state index in [1.165, 1.54) is 11.3 Å². The molecule has 3 aromatic rings. The summed E-state index contributed by atoms with van der Waals surface area (Å²) in [7, 11) is 0. The second kappa shape index (κ2) is 11.7. The van der Waals surface area contributed by atoms with E-state index in [2.05, 4.69) is 97.8 Å². The Morgan fingerprint density at radius 2 is 1.65 bits per heavy atom. The second-order valence-corrected chi connectivity index (χ2v) is 9.58. The van der Waals surface area contributed by atoms with Crippen LogP contribution in [0.15, 0.2) is 43.0 Å². The molecule has 6 nitrogen and oxygen atoms in total. The lowest BCUT2D eigenvalue weighted by atomic mass is 10.1. The monoisotopic (exact) mass is 427 g/mol. The van der Waals surface area contributed by atoms with E-state index in [4.69, 9.17) is 0 Å². The van der Waals surface area contributed by atoms with Crippen molar-refractivity contribution >= 4 is 5.78 Å². The van der Waals surface area contributed by atoms with E-state index < -0.39 is 0 Å². The van der Waals surface area contributed by atoms with E-state index in [0.29, 0.717) is 18.5 Å². The van der Waals surface area contributed by atoms with Gasteiger partial charge in [-0.2, -0.15) is 0 Å². The van der Waals surface area contributed by atoms with Crippen LogP contribution in [0.2, 0.25) is 0 Å². The van der Waals surface area contributed by atoms with Crippen molar-refractivity contribution in [1.29, 1.82) is 0 Å². The number of carbonyl (C=O) groups excluding carboxylic acids is 1. The maximum atomic E-state index is 10.8. The predicted octanol–water partition coefficient (Wildman–Crippen LogP) is 5.92. The zero-order chi connectivity index (χ0) is 23.8.